The molecule has 2 rings (SSSR count). The van der Waals surface area contributed by atoms with Crippen molar-refractivity contribution in [1.82, 2.24) is 0 Å². The average Bonchev–Trinajstić information content (AvgIpc) is 2.04. The summed E-state index contributed by atoms with van der Waals surface area (Å²) in [5, 5.41) is 0. The summed E-state index contributed by atoms with van der Waals surface area (Å²) in [7, 11) is 0. The molecule has 0 radical (unpaired) electrons. The molecule has 0 aliphatic carbocycles. The van der Waals surface area contributed by atoms with Crippen LogP contribution in [0.3, 0.4) is 0 Å². The van der Waals surface area contributed by atoms with Crippen molar-refractivity contribution in [2.24, 2.45) is 0 Å². The van der Waals surface area contributed by atoms with E-state index in [0.29, 0.717) is 0 Å². The fourth-order valence-electron chi connectivity index (χ4n) is 1.07. The van der Waals surface area contributed by atoms with E-state index >= 15 is 0 Å². The Balaban J connectivity index is 2.46. The van der Waals surface area contributed by atoms with Crippen molar-refractivity contribution >= 4 is 29.4 Å². The van der Waals surface area contributed by atoms with Gasteiger partial charge < -0.3 is 0 Å². The highest BCUT2D eigenvalue weighted by Gasteiger charge is 2.09. The summed E-state index contributed by atoms with van der Waals surface area (Å²) in [5.41, 5.74) is 1.27. The molecule has 0 spiro atoms. The van der Waals surface area contributed by atoms with Crippen LogP contribution in [0, 0.1) is 0 Å². The van der Waals surface area contributed by atoms with E-state index < -0.39 is 0 Å². The van der Waals surface area contributed by atoms with Crippen LogP contribution >= 0.6 is 23.4 Å². The van der Waals surface area contributed by atoms with Gasteiger partial charge in [0.1, 0.15) is 4.71 Å². The molecule has 0 nitrogen and oxygen atoms in total. The Bertz CT molecular complexity index is 293. The maximum atomic E-state index is 5.92. The molecule has 2 heteroatoms. The molecule has 0 bridgehead atoms. The van der Waals surface area contributed by atoms with Gasteiger partial charge in [0, 0.05) is 4.90 Å². The Morgan fingerprint density at radius 1 is 1.27 bits per heavy atom. The van der Waals surface area contributed by atoms with Crippen molar-refractivity contribution in [3.63, 3.8) is 0 Å². The molecular formula is C9H7ClS. The van der Waals surface area contributed by atoms with Crippen LogP contribution in [0.4, 0.5) is 0 Å². The second-order valence-corrected chi connectivity index (χ2v) is 4.28. The van der Waals surface area contributed by atoms with E-state index in [0.717, 1.165) is 0 Å². The molecule has 56 valence electrons. The van der Waals surface area contributed by atoms with Crippen LogP contribution in [0.15, 0.2) is 35.2 Å². The Kier molecular flexibility index (Phi) is 1.93. The van der Waals surface area contributed by atoms with Crippen LogP contribution in [-0.4, -0.2) is 4.71 Å². The maximum absolute atomic E-state index is 5.92. The second kappa shape index (κ2) is 2.92. The summed E-state index contributed by atoms with van der Waals surface area (Å²) in [4.78, 5) is 1.27. The van der Waals surface area contributed by atoms with E-state index in [4.69, 9.17) is 11.6 Å². The molecule has 11 heavy (non-hydrogen) atoms. The Morgan fingerprint density at radius 3 is 3.00 bits per heavy atom. The van der Waals surface area contributed by atoms with Crippen LogP contribution in [0.25, 0.3) is 6.08 Å². The second-order valence-electron chi connectivity index (χ2n) is 2.37. The van der Waals surface area contributed by atoms with E-state index in [-0.39, 0.29) is 4.71 Å². The number of hydrogen-bond donors (Lipinski definition) is 0. The van der Waals surface area contributed by atoms with E-state index in [1.54, 1.807) is 11.8 Å². The SMILES string of the molecule is ClC1C=Cc2ccccc2S1. The third kappa shape index (κ3) is 1.44. The Morgan fingerprint density at radius 2 is 2.09 bits per heavy atom. The third-order valence-corrected chi connectivity index (χ3v) is 3.01. The van der Waals surface area contributed by atoms with Crippen molar-refractivity contribution < 1.29 is 0 Å². The standard InChI is InChI=1S/C9H7ClS/c10-9-6-5-7-3-1-2-4-8(7)11-9/h1-6,9H. The molecule has 1 aromatic rings. The molecule has 0 aromatic heterocycles. The molecule has 1 aliphatic heterocycles. The maximum Gasteiger partial charge on any atom is 0.102 e. The Hall–Kier alpha value is -0.400. The number of thioether (sulfide) groups is 1. The predicted molar refractivity (Wildman–Crippen MR) is 51.0 cm³/mol. The highest BCUT2D eigenvalue weighted by molar-refractivity contribution is 8.01. The largest absolute Gasteiger partial charge is 0.106 e. The number of halogens is 1. The third-order valence-electron chi connectivity index (χ3n) is 1.59. The number of fused-ring (bicyclic) bond motifs is 1. The van der Waals surface area contributed by atoms with E-state index in [2.05, 4.69) is 18.2 Å². The zero-order chi connectivity index (χ0) is 7.68. The van der Waals surface area contributed by atoms with Crippen molar-refractivity contribution in [3.05, 3.63) is 35.9 Å². The molecule has 0 N–H and O–H groups in total. The summed E-state index contributed by atoms with van der Waals surface area (Å²) >= 11 is 7.61. The highest BCUT2D eigenvalue weighted by Crippen LogP contribution is 2.34. The number of alkyl halides is 1. The molecule has 1 unspecified atom stereocenters. The zero-order valence-corrected chi connectivity index (χ0v) is 7.40. The zero-order valence-electron chi connectivity index (χ0n) is 5.83. The molecule has 0 saturated heterocycles. The van der Waals surface area contributed by atoms with Gasteiger partial charge in [0.25, 0.3) is 0 Å². The van der Waals surface area contributed by atoms with Gasteiger partial charge in [-0.05, 0) is 11.6 Å². The minimum Gasteiger partial charge on any atom is -0.106 e. The average molecular weight is 183 g/mol. The molecule has 1 aliphatic rings. The predicted octanol–water partition coefficient (Wildman–Crippen LogP) is 3.37. The van der Waals surface area contributed by atoms with Crippen LogP contribution < -0.4 is 0 Å². The summed E-state index contributed by atoms with van der Waals surface area (Å²) < 4.78 is 0.102. The topological polar surface area (TPSA) is 0 Å². The first-order chi connectivity index (χ1) is 5.36. The highest BCUT2D eigenvalue weighted by atomic mass is 35.5. The van der Waals surface area contributed by atoms with Gasteiger partial charge in [-0.2, -0.15) is 0 Å². The quantitative estimate of drug-likeness (QED) is 0.555. The monoisotopic (exact) mass is 182 g/mol. The summed E-state index contributed by atoms with van der Waals surface area (Å²) in [5.74, 6) is 0. The first kappa shape index (κ1) is 7.26. The number of benzene rings is 1. The lowest BCUT2D eigenvalue weighted by molar-refractivity contribution is 1.38. The Labute approximate surface area is 75.3 Å². The molecule has 0 amide bonds. The summed E-state index contributed by atoms with van der Waals surface area (Å²) in [6.07, 6.45) is 4.08. The van der Waals surface area contributed by atoms with Gasteiger partial charge in [0.05, 0.1) is 0 Å². The fourth-order valence-corrected chi connectivity index (χ4v) is 2.26. The van der Waals surface area contributed by atoms with E-state index in [1.807, 2.05) is 18.2 Å². The summed E-state index contributed by atoms with van der Waals surface area (Å²) in [6.45, 7) is 0. The fraction of sp³-hybridized carbons (Fsp3) is 0.111. The van der Waals surface area contributed by atoms with Crippen molar-refractivity contribution in [3.8, 4) is 0 Å². The minimum absolute atomic E-state index is 0.102. The summed E-state index contributed by atoms with van der Waals surface area (Å²) in [6, 6.07) is 8.27. The molecule has 1 aromatic carbocycles. The molecule has 1 atom stereocenters. The molecule has 1 heterocycles. The van der Waals surface area contributed by atoms with Crippen molar-refractivity contribution in [2.45, 2.75) is 9.60 Å². The van der Waals surface area contributed by atoms with E-state index in [9.17, 15) is 0 Å². The minimum atomic E-state index is 0.102. The van der Waals surface area contributed by atoms with Crippen LogP contribution in [-0.2, 0) is 0 Å². The van der Waals surface area contributed by atoms with Crippen molar-refractivity contribution in [2.75, 3.05) is 0 Å². The van der Waals surface area contributed by atoms with E-state index in [1.165, 1.54) is 10.5 Å². The van der Waals surface area contributed by atoms with Gasteiger partial charge in [-0.15, -0.1) is 23.4 Å². The first-order valence-electron chi connectivity index (χ1n) is 3.44. The number of hydrogen-bond acceptors (Lipinski definition) is 1. The van der Waals surface area contributed by atoms with Gasteiger partial charge >= 0.3 is 0 Å². The van der Waals surface area contributed by atoms with Crippen LogP contribution in [0.5, 0.6) is 0 Å². The van der Waals surface area contributed by atoms with Crippen molar-refractivity contribution in [1.29, 1.82) is 0 Å². The normalized spacial score (nSPS) is 21.4. The van der Waals surface area contributed by atoms with Crippen LogP contribution in [0.2, 0.25) is 0 Å². The number of rotatable bonds is 0. The first-order valence-corrected chi connectivity index (χ1v) is 4.76. The van der Waals surface area contributed by atoms with Gasteiger partial charge in [-0.1, -0.05) is 30.4 Å². The molecule has 0 fully saturated rings. The lowest BCUT2D eigenvalue weighted by atomic mass is 10.2. The van der Waals surface area contributed by atoms with Crippen LogP contribution in [0.1, 0.15) is 5.56 Å². The smallest absolute Gasteiger partial charge is 0.102 e. The van der Waals surface area contributed by atoms with Gasteiger partial charge in [0.2, 0.25) is 0 Å². The molecule has 0 saturated carbocycles. The van der Waals surface area contributed by atoms with Gasteiger partial charge in [-0.25, -0.2) is 0 Å². The van der Waals surface area contributed by atoms with Gasteiger partial charge in [-0.3, -0.25) is 0 Å². The lowest BCUT2D eigenvalue weighted by Crippen LogP contribution is -1.92. The lowest BCUT2D eigenvalue weighted by Gasteiger charge is -2.12. The molecular weight excluding hydrogens is 176 g/mol. The van der Waals surface area contributed by atoms with Gasteiger partial charge in [0.15, 0.2) is 0 Å².